The van der Waals surface area contributed by atoms with Gasteiger partial charge in [0.2, 0.25) is 0 Å². The molecule has 0 bridgehead atoms. The molecule has 5 saturated carbocycles. The molecule has 28 heavy (non-hydrogen) atoms. The van der Waals surface area contributed by atoms with Crippen LogP contribution in [0.1, 0.15) is 83.5 Å². The van der Waals surface area contributed by atoms with Gasteiger partial charge in [-0.3, -0.25) is 0 Å². The van der Waals surface area contributed by atoms with Crippen LogP contribution in [0.5, 0.6) is 0 Å². The zero-order chi connectivity index (χ0) is 19.1. The number of nitrogens with zero attached hydrogens (tertiary/aromatic N) is 1. The van der Waals surface area contributed by atoms with E-state index in [0.29, 0.717) is 0 Å². The first-order valence-corrected chi connectivity index (χ1v) is 13.1. The third kappa shape index (κ3) is 3.82. The van der Waals surface area contributed by atoms with Crippen molar-refractivity contribution in [1.82, 2.24) is 10.2 Å². The van der Waals surface area contributed by atoms with Gasteiger partial charge >= 0.3 is 0 Å². The Morgan fingerprint density at radius 3 is 2.00 bits per heavy atom. The van der Waals surface area contributed by atoms with E-state index in [1.807, 2.05) is 0 Å². The van der Waals surface area contributed by atoms with Gasteiger partial charge in [0.05, 0.1) is 0 Å². The molecule has 1 N–H and O–H groups in total. The molecule has 2 nitrogen and oxygen atoms in total. The quantitative estimate of drug-likeness (QED) is 0.664. The van der Waals surface area contributed by atoms with E-state index in [9.17, 15) is 0 Å². The monoisotopic (exact) mass is 386 g/mol. The highest BCUT2D eigenvalue weighted by atomic mass is 15.1. The fourth-order valence-corrected chi connectivity index (χ4v) is 9.00. The van der Waals surface area contributed by atoms with Gasteiger partial charge in [0, 0.05) is 6.04 Å². The van der Waals surface area contributed by atoms with Crippen LogP contribution in [0.15, 0.2) is 0 Å². The summed E-state index contributed by atoms with van der Waals surface area (Å²) in [5, 5.41) is 4.00. The van der Waals surface area contributed by atoms with Crippen molar-refractivity contribution in [2.45, 2.75) is 89.5 Å². The molecule has 2 heteroatoms. The van der Waals surface area contributed by atoms with Gasteiger partial charge in [0.1, 0.15) is 0 Å². The molecule has 5 aliphatic rings. The van der Waals surface area contributed by atoms with Gasteiger partial charge in [-0.1, -0.05) is 19.3 Å². The second kappa shape index (κ2) is 8.58. The van der Waals surface area contributed by atoms with Crippen molar-refractivity contribution < 1.29 is 0 Å². The molecule has 5 rings (SSSR count). The lowest BCUT2D eigenvalue weighted by Crippen LogP contribution is -2.53. The van der Waals surface area contributed by atoms with Crippen molar-refractivity contribution in [3.8, 4) is 0 Å². The number of nitrogens with one attached hydrogen (secondary N) is 1. The van der Waals surface area contributed by atoms with Crippen molar-refractivity contribution in [2.75, 3.05) is 27.2 Å². The number of hydrogen-bond acceptors (Lipinski definition) is 2. The SMILES string of the molecule is CN(C)C1CCC(CNCC2CCC3CCC4CCCC5CCC2C3C45)CC1. The number of rotatable bonds is 5. The van der Waals surface area contributed by atoms with Crippen molar-refractivity contribution in [2.24, 2.45) is 47.3 Å². The summed E-state index contributed by atoms with van der Waals surface area (Å²) in [7, 11) is 4.52. The van der Waals surface area contributed by atoms with E-state index in [2.05, 4.69) is 24.3 Å². The summed E-state index contributed by atoms with van der Waals surface area (Å²) in [5.41, 5.74) is 0. The fraction of sp³-hybridized carbons (Fsp3) is 1.00. The summed E-state index contributed by atoms with van der Waals surface area (Å²) in [6.07, 6.45) is 19.9. The molecular formula is C26H46N2. The van der Waals surface area contributed by atoms with Gasteiger partial charge < -0.3 is 10.2 Å². The molecule has 0 spiro atoms. The smallest absolute Gasteiger partial charge is 0.00893 e. The molecule has 0 aromatic rings. The lowest BCUT2D eigenvalue weighted by molar-refractivity contribution is -0.0960. The molecule has 0 aliphatic heterocycles. The minimum absolute atomic E-state index is 0.844. The Hall–Kier alpha value is -0.0800. The standard InChI is InChI=1S/C26H46N2/c1-28(2)23-13-6-18(7-14-23)16-27-17-22-11-10-21-9-8-19-4-3-5-20-12-15-24(22)26(21)25(19)20/h18-27H,3-17H2,1-2H3. The topological polar surface area (TPSA) is 15.3 Å². The lowest BCUT2D eigenvalue weighted by Gasteiger charge is -2.59. The summed E-state index contributed by atoms with van der Waals surface area (Å²) >= 11 is 0. The van der Waals surface area contributed by atoms with Gasteiger partial charge in [-0.05, 0) is 139 Å². The summed E-state index contributed by atoms with van der Waals surface area (Å²) in [6.45, 7) is 2.63. The maximum absolute atomic E-state index is 4.00. The van der Waals surface area contributed by atoms with E-state index in [4.69, 9.17) is 0 Å². The molecule has 0 aromatic carbocycles. The molecule has 0 heterocycles. The second-order valence-corrected chi connectivity index (χ2v) is 11.8. The van der Waals surface area contributed by atoms with E-state index >= 15 is 0 Å². The normalized spacial score (nSPS) is 48.3. The van der Waals surface area contributed by atoms with Crippen LogP contribution in [0, 0.1) is 47.3 Å². The Balaban J connectivity index is 1.14. The largest absolute Gasteiger partial charge is 0.316 e. The molecule has 0 saturated heterocycles. The molecule has 0 aromatic heterocycles. The van der Waals surface area contributed by atoms with Crippen molar-refractivity contribution in [3.05, 3.63) is 0 Å². The molecule has 0 radical (unpaired) electrons. The van der Waals surface area contributed by atoms with Gasteiger partial charge in [-0.15, -0.1) is 0 Å². The zero-order valence-electron chi connectivity index (χ0n) is 18.7. The van der Waals surface area contributed by atoms with Gasteiger partial charge in [0.25, 0.3) is 0 Å². The highest BCUT2D eigenvalue weighted by Gasteiger charge is 2.53. The Labute approximate surface area is 174 Å². The third-order valence-corrected chi connectivity index (χ3v) is 10.4. The minimum Gasteiger partial charge on any atom is -0.316 e. The average Bonchev–Trinajstić information content (AvgIpc) is 2.73. The lowest BCUT2D eigenvalue weighted by atomic mass is 9.46. The molecule has 0 amide bonds. The summed E-state index contributed by atoms with van der Waals surface area (Å²) in [4.78, 5) is 2.45. The third-order valence-electron chi connectivity index (χ3n) is 10.4. The van der Waals surface area contributed by atoms with Gasteiger partial charge in [-0.25, -0.2) is 0 Å². The summed E-state index contributed by atoms with van der Waals surface area (Å²) in [5.74, 6) is 8.68. The molecule has 160 valence electrons. The van der Waals surface area contributed by atoms with E-state index in [-0.39, 0.29) is 0 Å². The molecule has 7 unspecified atom stereocenters. The molecule has 7 atom stereocenters. The van der Waals surface area contributed by atoms with Crippen LogP contribution in [0.4, 0.5) is 0 Å². The van der Waals surface area contributed by atoms with Gasteiger partial charge in [0.15, 0.2) is 0 Å². The highest BCUT2D eigenvalue weighted by Crippen LogP contribution is 2.60. The highest BCUT2D eigenvalue weighted by molar-refractivity contribution is 5.02. The number of hydrogen-bond donors (Lipinski definition) is 1. The van der Waals surface area contributed by atoms with Crippen LogP contribution in [0.25, 0.3) is 0 Å². The van der Waals surface area contributed by atoms with Crippen LogP contribution >= 0.6 is 0 Å². The Morgan fingerprint density at radius 1 is 0.643 bits per heavy atom. The van der Waals surface area contributed by atoms with Crippen LogP contribution in [-0.2, 0) is 0 Å². The van der Waals surface area contributed by atoms with E-state index < -0.39 is 0 Å². The predicted octanol–water partition coefficient (Wildman–Crippen LogP) is 5.58. The van der Waals surface area contributed by atoms with Crippen molar-refractivity contribution in [1.29, 1.82) is 0 Å². The predicted molar refractivity (Wildman–Crippen MR) is 118 cm³/mol. The minimum atomic E-state index is 0.844. The Kier molecular flexibility index (Phi) is 6.08. The van der Waals surface area contributed by atoms with Crippen LogP contribution in [0.3, 0.4) is 0 Å². The first-order chi connectivity index (χ1) is 13.7. The summed E-state index contributed by atoms with van der Waals surface area (Å²) < 4.78 is 0. The van der Waals surface area contributed by atoms with Gasteiger partial charge in [-0.2, -0.15) is 0 Å². The van der Waals surface area contributed by atoms with E-state index in [1.54, 1.807) is 51.4 Å². The fourth-order valence-electron chi connectivity index (χ4n) is 9.00. The molecular weight excluding hydrogens is 340 g/mol. The zero-order valence-corrected chi connectivity index (χ0v) is 18.7. The molecule has 5 fully saturated rings. The molecule has 5 aliphatic carbocycles. The van der Waals surface area contributed by atoms with Crippen LogP contribution < -0.4 is 5.32 Å². The first kappa shape index (κ1) is 19.9. The maximum atomic E-state index is 4.00. The van der Waals surface area contributed by atoms with Crippen LogP contribution in [0.2, 0.25) is 0 Å². The summed E-state index contributed by atoms with van der Waals surface area (Å²) in [6, 6.07) is 0.844. The van der Waals surface area contributed by atoms with Crippen LogP contribution in [-0.4, -0.2) is 38.1 Å². The first-order valence-electron chi connectivity index (χ1n) is 13.1. The van der Waals surface area contributed by atoms with Crippen molar-refractivity contribution >= 4 is 0 Å². The van der Waals surface area contributed by atoms with Crippen molar-refractivity contribution in [3.63, 3.8) is 0 Å². The Morgan fingerprint density at radius 2 is 1.29 bits per heavy atom. The van der Waals surface area contributed by atoms with E-state index in [1.165, 1.54) is 45.2 Å². The maximum Gasteiger partial charge on any atom is 0.00893 e. The second-order valence-electron chi connectivity index (χ2n) is 11.8. The average molecular weight is 387 g/mol. The van der Waals surface area contributed by atoms with E-state index in [0.717, 1.165) is 53.4 Å². The Bertz CT molecular complexity index is 503.